The normalized spacial score (nSPS) is 11.3. The van der Waals surface area contributed by atoms with Gasteiger partial charge >= 0.3 is 5.97 Å². The third-order valence-corrected chi connectivity index (χ3v) is 5.79. The second kappa shape index (κ2) is 10.9. The van der Waals surface area contributed by atoms with E-state index in [1.807, 2.05) is 72.8 Å². The molecule has 9 heteroatoms. The number of esters is 1. The number of carbonyl (C=O) groups is 1. The lowest BCUT2D eigenvalue weighted by atomic mass is 10.1. The van der Waals surface area contributed by atoms with Crippen LogP contribution in [0.25, 0.3) is 16.9 Å². The largest absolute Gasteiger partial charge is 0.489 e. The van der Waals surface area contributed by atoms with E-state index in [1.165, 1.54) is 0 Å². The van der Waals surface area contributed by atoms with Crippen LogP contribution in [0.5, 0.6) is 5.75 Å². The van der Waals surface area contributed by atoms with Gasteiger partial charge in [-0.05, 0) is 48.9 Å². The van der Waals surface area contributed by atoms with Crippen molar-refractivity contribution >= 4 is 52.4 Å². The molecule has 0 saturated carbocycles. The zero-order chi connectivity index (χ0) is 25.0. The van der Waals surface area contributed by atoms with E-state index in [1.54, 1.807) is 17.7 Å². The summed E-state index contributed by atoms with van der Waals surface area (Å²) >= 11 is 23.7. The van der Waals surface area contributed by atoms with Gasteiger partial charge in [0, 0.05) is 11.1 Å². The van der Waals surface area contributed by atoms with Crippen molar-refractivity contribution in [2.75, 3.05) is 6.61 Å². The highest BCUT2D eigenvalue weighted by atomic mass is 35.6. The summed E-state index contributed by atoms with van der Waals surface area (Å²) in [5.74, 6) is 0.00469. The first-order valence-electron chi connectivity index (χ1n) is 10.6. The van der Waals surface area contributed by atoms with Crippen molar-refractivity contribution in [1.29, 1.82) is 0 Å². The van der Waals surface area contributed by atoms with Crippen molar-refractivity contribution in [2.24, 2.45) is 0 Å². The van der Waals surface area contributed by atoms with E-state index in [0.29, 0.717) is 34.3 Å². The monoisotopic (exact) mass is 548 g/mol. The van der Waals surface area contributed by atoms with Gasteiger partial charge in [-0.1, -0.05) is 88.9 Å². The Morgan fingerprint density at radius 1 is 0.943 bits per heavy atom. The number of para-hydroxylation sites is 1. The first kappa shape index (κ1) is 25.4. The highest BCUT2D eigenvalue weighted by Crippen LogP contribution is 2.33. The predicted molar refractivity (Wildman–Crippen MR) is 140 cm³/mol. The molecule has 0 aliphatic carbocycles. The summed E-state index contributed by atoms with van der Waals surface area (Å²) in [7, 11) is 0. The molecule has 1 aromatic heterocycles. The van der Waals surface area contributed by atoms with Crippen molar-refractivity contribution in [3.8, 4) is 22.7 Å². The van der Waals surface area contributed by atoms with Gasteiger partial charge in [-0.3, -0.25) is 0 Å². The molecule has 0 atom stereocenters. The number of hydrogen-bond acceptors (Lipinski definition) is 4. The Kier molecular flexibility index (Phi) is 7.92. The van der Waals surface area contributed by atoms with E-state index in [2.05, 4.69) is 5.10 Å². The summed E-state index contributed by atoms with van der Waals surface area (Å²) in [6.45, 7) is 1.83. The van der Waals surface area contributed by atoms with Crippen LogP contribution in [0.1, 0.15) is 21.6 Å². The van der Waals surface area contributed by atoms with Crippen LogP contribution in [0.15, 0.2) is 78.9 Å². The lowest BCUT2D eigenvalue weighted by Crippen LogP contribution is -2.18. The third kappa shape index (κ3) is 6.30. The Bertz CT molecular complexity index is 1320. The smallest absolute Gasteiger partial charge is 0.359 e. The van der Waals surface area contributed by atoms with Gasteiger partial charge in [0.1, 0.15) is 19.0 Å². The molecule has 1 heterocycles. The Balaban J connectivity index is 1.68. The lowest BCUT2D eigenvalue weighted by Gasteiger charge is -2.11. The summed E-state index contributed by atoms with van der Waals surface area (Å²) in [5, 5.41) is 4.99. The number of hydrogen-bond donors (Lipinski definition) is 0. The molecule has 180 valence electrons. The van der Waals surface area contributed by atoms with E-state index in [-0.39, 0.29) is 5.69 Å². The van der Waals surface area contributed by atoms with Crippen LogP contribution in [0.2, 0.25) is 5.02 Å². The Labute approximate surface area is 223 Å². The minimum absolute atomic E-state index is 0.0959. The van der Waals surface area contributed by atoms with Gasteiger partial charge in [0.25, 0.3) is 0 Å². The fraction of sp³-hybridized carbons (Fsp3) is 0.154. The lowest BCUT2D eigenvalue weighted by molar-refractivity contribution is 0.0504. The average molecular weight is 550 g/mol. The Hall–Kier alpha value is -2.70. The van der Waals surface area contributed by atoms with Crippen LogP contribution >= 0.6 is 46.4 Å². The average Bonchev–Trinajstić information content (AvgIpc) is 3.19. The number of nitrogens with zero attached hydrogens (tertiary/aromatic N) is 2. The first-order valence-corrected chi connectivity index (χ1v) is 12.1. The van der Waals surface area contributed by atoms with Crippen LogP contribution in [-0.4, -0.2) is 26.1 Å². The van der Waals surface area contributed by atoms with Crippen LogP contribution in [0.4, 0.5) is 0 Å². The number of ether oxygens (including phenoxy) is 2. The zero-order valence-electron chi connectivity index (χ0n) is 18.6. The molecule has 3 aromatic carbocycles. The van der Waals surface area contributed by atoms with Gasteiger partial charge in [-0.2, -0.15) is 5.10 Å². The van der Waals surface area contributed by atoms with Crippen molar-refractivity contribution < 1.29 is 14.3 Å². The number of rotatable bonds is 7. The maximum absolute atomic E-state index is 12.8. The first-order chi connectivity index (χ1) is 16.7. The van der Waals surface area contributed by atoms with E-state index in [0.717, 1.165) is 11.1 Å². The molecule has 0 amide bonds. The molecular formula is C26H20Cl4N2O3. The Morgan fingerprint density at radius 2 is 1.60 bits per heavy atom. The number of carbonyl (C=O) groups excluding carboxylic acids is 1. The molecule has 0 spiro atoms. The fourth-order valence-corrected chi connectivity index (χ4v) is 3.87. The minimum Gasteiger partial charge on any atom is -0.489 e. The summed E-state index contributed by atoms with van der Waals surface area (Å²) < 4.78 is 11.0. The molecule has 0 N–H and O–H groups in total. The molecule has 0 saturated heterocycles. The van der Waals surface area contributed by atoms with Gasteiger partial charge in [0.15, 0.2) is 5.69 Å². The standard InChI is InChI=1S/C26H20Cl4N2O3/c1-17-23(25(33)35-16-26(28,29)30)31-32(22-10-6-5-9-21(22)27)24(17)19-11-13-20(14-12-19)34-15-18-7-3-2-4-8-18/h2-14H,15-16H2,1H3. The van der Waals surface area contributed by atoms with Crippen LogP contribution < -0.4 is 4.74 Å². The van der Waals surface area contributed by atoms with Crippen molar-refractivity contribution in [1.82, 2.24) is 9.78 Å². The highest BCUT2D eigenvalue weighted by molar-refractivity contribution is 6.67. The molecule has 0 aliphatic rings. The zero-order valence-corrected chi connectivity index (χ0v) is 21.6. The molecule has 0 bridgehead atoms. The Morgan fingerprint density at radius 3 is 2.26 bits per heavy atom. The molecule has 0 unspecified atom stereocenters. The van der Waals surface area contributed by atoms with Crippen molar-refractivity contribution in [2.45, 2.75) is 17.3 Å². The molecule has 0 aliphatic heterocycles. The summed E-state index contributed by atoms with van der Waals surface area (Å²) in [4.78, 5) is 12.8. The molecule has 0 fully saturated rings. The molecule has 4 rings (SSSR count). The van der Waals surface area contributed by atoms with Gasteiger partial charge < -0.3 is 9.47 Å². The van der Waals surface area contributed by atoms with E-state index < -0.39 is 16.4 Å². The van der Waals surface area contributed by atoms with Gasteiger partial charge in [0.05, 0.1) is 16.4 Å². The number of benzene rings is 3. The van der Waals surface area contributed by atoms with Crippen LogP contribution in [-0.2, 0) is 11.3 Å². The molecule has 0 radical (unpaired) electrons. The summed E-state index contributed by atoms with van der Waals surface area (Å²) in [6, 6.07) is 24.6. The van der Waals surface area contributed by atoms with Crippen molar-refractivity contribution in [3.63, 3.8) is 0 Å². The van der Waals surface area contributed by atoms with Crippen LogP contribution in [0, 0.1) is 6.92 Å². The molecule has 35 heavy (non-hydrogen) atoms. The topological polar surface area (TPSA) is 53.3 Å². The van der Waals surface area contributed by atoms with Gasteiger partial charge in [-0.15, -0.1) is 0 Å². The molecular weight excluding hydrogens is 530 g/mol. The summed E-state index contributed by atoms with van der Waals surface area (Å²) in [6.07, 6.45) is 0. The SMILES string of the molecule is Cc1c(C(=O)OCC(Cl)(Cl)Cl)nn(-c2ccccc2Cl)c1-c1ccc(OCc2ccccc2)cc1. The number of halogens is 4. The molecule has 4 aromatic rings. The second-order valence-corrected chi connectivity index (χ2v) is 10.6. The second-order valence-electron chi connectivity index (χ2n) is 7.68. The quantitative estimate of drug-likeness (QED) is 0.176. The van der Waals surface area contributed by atoms with E-state index in [4.69, 9.17) is 55.9 Å². The number of alkyl halides is 3. The highest BCUT2D eigenvalue weighted by Gasteiger charge is 2.27. The maximum atomic E-state index is 12.8. The molecule has 5 nitrogen and oxygen atoms in total. The van der Waals surface area contributed by atoms with E-state index in [9.17, 15) is 4.79 Å². The third-order valence-electron chi connectivity index (χ3n) is 5.14. The van der Waals surface area contributed by atoms with Crippen LogP contribution in [0.3, 0.4) is 0 Å². The van der Waals surface area contributed by atoms with Gasteiger partial charge in [0.2, 0.25) is 3.79 Å². The van der Waals surface area contributed by atoms with E-state index >= 15 is 0 Å². The predicted octanol–water partition coefficient (Wildman–Crippen LogP) is 7.61. The maximum Gasteiger partial charge on any atom is 0.359 e. The minimum atomic E-state index is -1.73. The van der Waals surface area contributed by atoms with Gasteiger partial charge in [-0.25, -0.2) is 9.48 Å². The van der Waals surface area contributed by atoms with Crippen molar-refractivity contribution in [3.05, 3.63) is 101 Å². The summed E-state index contributed by atoms with van der Waals surface area (Å²) in [5.41, 5.74) is 3.85. The number of aromatic nitrogens is 2. The fourth-order valence-electron chi connectivity index (χ4n) is 3.49.